The summed E-state index contributed by atoms with van der Waals surface area (Å²) in [6, 6.07) is 5.72. The molecule has 1 aliphatic rings. The number of hydrogen-bond donors (Lipinski definition) is 1. The maximum atomic E-state index is 11.3. The summed E-state index contributed by atoms with van der Waals surface area (Å²) < 4.78 is 0. The third-order valence-corrected chi connectivity index (χ3v) is 2.55. The molecule has 6 nitrogen and oxygen atoms in total. The number of aromatic amines is 1. The fourth-order valence-electron chi connectivity index (χ4n) is 1.80. The normalized spacial score (nSPS) is 13.5. The van der Waals surface area contributed by atoms with Crippen molar-refractivity contribution in [3.05, 3.63) is 29.1 Å². The van der Waals surface area contributed by atoms with Gasteiger partial charge in [0.25, 0.3) is 0 Å². The van der Waals surface area contributed by atoms with Gasteiger partial charge in [-0.25, -0.2) is 0 Å². The van der Waals surface area contributed by atoms with Crippen LogP contribution in [0.3, 0.4) is 0 Å². The minimum absolute atomic E-state index is 0. The number of fused-ring (bicyclic) bond motifs is 1. The fraction of sp³-hybridized carbons (Fsp3) is 0.200. The first kappa shape index (κ1) is 11.9. The van der Waals surface area contributed by atoms with E-state index in [-0.39, 0.29) is 27.0 Å². The Morgan fingerprint density at radius 1 is 1.29 bits per heavy atom. The minimum Gasteiger partial charge on any atom is -0.626 e. The number of carbonyl (C=O) groups excluding carboxylic acids is 1. The van der Waals surface area contributed by atoms with Crippen molar-refractivity contribution in [2.45, 2.75) is 12.8 Å². The van der Waals surface area contributed by atoms with Crippen LogP contribution in [-0.4, -0.2) is 26.5 Å². The Hall–Kier alpha value is -1.55. The number of aryl methyl sites for hydroxylation is 1. The molecule has 0 radical (unpaired) electrons. The standard InChI is InChI=1S/C10H9N5O.W/c16-8-5-4-6-2-1-3-7(9(6)11-8)10-12-14-15-13-10;/h1-3H,4-5H2,(H2,11,12,13,14,15,16);/p-1. The summed E-state index contributed by atoms with van der Waals surface area (Å²) in [5.74, 6) is 0.374. The van der Waals surface area contributed by atoms with Gasteiger partial charge in [0.2, 0.25) is 5.82 Å². The van der Waals surface area contributed by atoms with Crippen LogP contribution in [0.5, 0.6) is 0 Å². The van der Waals surface area contributed by atoms with Crippen molar-refractivity contribution in [3.8, 4) is 11.4 Å². The first-order valence-electron chi connectivity index (χ1n) is 4.95. The quantitative estimate of drug-likeness (QED) is 0.786. The zero-order valence-electron chi connectivity index (χ0n) is 8.75. The molecule has 17 heavy (non-hydrogen) atoms. The summed E-state index contributed by atoms with van der Waals surface area (Å²) in [5.41, 5.74) is 2.49. The number of benzene rings is 1. The van der Waals surface area contributed by atoms with Gasteiger partial charge in [0.1, 0.15) is 0 Å². The Morgan fingerprint density at radius 2 is 2.18 bits per heavy atom. The van der Waals surface area contributed by atoms with Gasteiger partial charge in [-0.2, -0.15) is 5.21 Å². The van der Waals surface area contributed by atoms with E-state index >= 15 is 0 Å². The van der Waals surface area contributed by atoms with Crippen molar-refractivity contribution in [2.75, 3.05) is 0 Å². The van der Waals surface area contributed by atoms with E-state index in [1.54, 1.807) is 0 Å². The third-order valence-electron chi connectivity index (χ3n) is 2.55. The average molecular weight is 398 g/mol. The van der Waals surface area contributed by atoms with E-state index in [2.05, 4.69) is 25.9 Å². The van der Waals surface area contributed by atoms with Gasteiger partial charge < -0.3 is 10.1 Å². The molecule has 3 rings (SSSR count). The number of rotatable bonds is 1. The van der Waals surface area contributed by atoms with E-state index in [1.165, 1.54) is 0 Å². The Kier molecular flexibility index (Phi) is 3.33. The first-order chi connectivity index (χ1) is 7.84. The molecule has 0 aliphatic carbocycles. The van der Waals surface area contributed by atoms with Gasteiger partial charge in [-0.3, -0.25) is 0 Å². The summed E-state index contributed by atoms with van der Waals surface area (Å²) in [6.07, 6.45) is 1.20. The van der Waals surface area contributed by atoms with E-state index in [1.807, 2.05) is 18.2 Å². The van der Waals surface area contributed by atoms with Crippen LogP contribution in [0.2, 0.25) is 0 Å². The van der Waals surface area contributed by atoms with E-state index in [0.717, 1.165) is 17.5 Å². The Labute approximate surface area is 111 Å². The molecule has 0 saturated heterocycles. The molecule has 0 bridgehead atoms. The summed E-state index contributed by atoms with van der Waals surface area (Å²) in [5, 5.41) is 17.7. The summed E-state index contributed by atoms with van der Waals surface area (Å²) >= 11 is 0. The molecule has 1 amide bonds. The van der Waals surface area contributed by atoms with E-state index in [4.69, 9.17) is 0 Å². The van der Waals surface area contributed by atoms with Crippen molar-refractivity contribution < 1.29 is 25.9 Å². The number of nitrogens with one attached hydrogen (secondary N) is 1. The number of para-hydroxylation sites is 1. The van der Waals surface area contributed by atoms with Crippen LogP contribution < -0.4 is 0 Å². The number of aromatic nitrogens is 4. The van der Waals surface area contributed by atoms with Crippen LogP contribution in [0.15, 0.2) is 18.2 Å². The SMILES string of the molecule is O=C1CCc2cccc(-c3nn[nH]n3)c2[N-]1.[W]. The zero-order valence-corrected chi connectivity index (χ0v) is 11.7. The zero-order chi connectivity index (χ0) is 11.0. The van der Waals surface area contributed by atoms with Gasteiger partial charge in [0.05, 0.1) is 5.91 Å². The molecule has 2 heterocycles. The molecule has 86 valence electrons. The molecule has 0 saturated carbocycles. The van der Waals surface area contributed by atoms with Gasteiger partial charge >= 0.3 is 0 Å². The fourth-order valence-corrected chi connectivity index (χ4v) is 1.80. The smallest absolute Gasteiger partial charge is 0.203 e. The number of carbonyl (C=O) groups is 1. The van der Waals surface area contributed by atoms with Crippen LogP contribution in [0.4, 0.5) is 5.69 Å². The van der Waals surface area contributed by atoms with Crippen LogP contribution in [0.25, 0.3) is 16.7 Å². The number of nitrogens with zero attached hydrogens (tertiary/aromatic N) is 4. The Bertz CT molecular complexity index is 540. The Morgan fingerprint density at radius 3 is 2.94 bits per heavy atom. The minimum atomic E-state index is -0.0940. The molecule has 0 fully saturated rings. The maximum absolute atomic E-state index is 11.3. The molecule has 7 heteroatoms. The predicted octanol–water partition coefficient (Wildman–Crippen LogP) is 1.34. The Balaban J connectivity index is 0.00000108. The molecule has 1 aliphatic heterocycles. The molecule has 1 aromatic heterocycles. The topological polar surface area (TPSA) is 85.6 Å². The van der Waals surface area contributed by atoms with Crippen molar-refractivity contribution >= 4 is 11.6 Å². The monoisotopic (exact) mass is 398 g/mol. The van der Waals surface area contributed by atoms with E-state index < -0.39 is 0 Å². The number of H-pyrrole nitrogens is 1. The molecular formula is C10H8N5OW-. The van der Waals surface area contributed by atoms with Crippen LogP contribution in [0.1, 0.15) is 12.0 Å². The van der Waals surface area contributed by atoms with Crippen molar-refractivity contribution in [1.29, 1.82) is 0 Å². The predicted molar refractivity (Wildman–Crippen MR) is 56.0 cm³/mol. The second-order valence-electron chi connectivity index (χ2n) is 3.55. The average Bonchev–Trinajstić information content (AvgIpc) is 2.81. The van der Waals surface area contributed by atoms with Gasteiger partial charge in [0, 0.05) is 26.6 Å². The molecule has 0 atom stereocenters. The molecule has 0 spiro atoms. The second-order valence-corrected chi connectivity index (χ2v) is 3.55. The van der Waals surface area contributed by atoms with Crippen molar-refractivity contribution in [3.63, 3.8) is 0 Å². The number of hydrogen-bond acceptors (Lipinski definition) is 4. The number of amides is 1. The third kappa shape index (κ3) is 2.13. The molecule has 1 N–H and O–H groups in total. The molecule has 1 aromatic carbocycles. The van der Waals surface area contributed by atoms with Crippen molar-refractivity contribution in [2.24, 2.45) is 0 Å². The second kappa shape index (κ2) is 4.75. The summed E-state index contributed by atoms with van der Waals surface area (Å²) in [6.45, 7) is 0. The summed E-state index contributed by atoms with van der Waals surface area (Å²) in [7, 11) is 0. The van der Waals surface area contributed by atoms with E-state index in [9.17, 15) is 4.79 Å². The number of tetrazole rings is 1. The van der Waals surface area contributed by atoms with Crippen molar-refractivity contribution in [1.82, 2.24) is 20.6 Å². The van der Waals surface area contributed by atoms with Crippen LogP contribution >= 0.6 is 0 Å². The maximum Gasteiger partial charge on any atom is 0.203 e. The first-order valence-corrected chi connectivity index (χ1v) is 4.95. The van der Waals surface area contributed by atoms with Gasteiger partial charge in [0.15, 0.2) is 0 Å². The van der Waals surface area contributed by atoms with Crippen LogP contribution in [0, 0.1) is 0 Å². The van der Waals surface area contributed by atoms with Gasteiger partial charge in [-0.1, -0.05) is 23.8 Å². The summed E-state index contributed by atoms with van der Waals surface area (Å²) in [4.78, 5) is 11.3. The van der Waals surface area contributed by atoms with Gasteiger partial charge in [-0.05, 0) is 18.1 Å². The molecule has 2 aromatic rings. The molecule has 0 unspecified atom stereocenters. The largest absolute Gasteiger partial charge is 0.626 e. The van der Waals surface area contributed by atoms with Gasteiger partial charge in [-0.15, -0.1) is 15.9 Å². The molecular weight excluding hydrogens is 390 g/mol. The van der Waals surface area contributed by atoms with Crippen LogP contribution in [-0.2, 0) is 32.3 Å². The van der Waals surface area contributed by atoms with E-state index in [0.29, 0.717) is 17.9 Å².